The van der Waals surface area contributed by atoms with E-state index in [9.17, 15) is 19.2 Å². The lowest BCUT2D eigenvalue weighted by Crippen LogP contribution is -2.46. The highest BCUT2D eigenvalue weighted by atomic mass is 16.5. The fourth-order valence-corrected chi connectivity index (χ4v) is 2.79. The zero-order valence-corrected chi connectivity index (χ0v) is 16.5. The number of carbonyl (C=O) groups excluding carboxylic acids is 3. The van der Waals surface area contributed by atoms with Crippen LogP contribution < -0.4 is 16.3 Å². The van der Waals surface area contributed by atoms with Crippen LogP contribution >= 0.6 is 0 Å². The van der Waals surface area contributed by atoms with Crippen molar-refractivity contribution in [3.05, 3.63) is 34.7 Å². The zero-order valence-electron chi connectivity index (χ0n) is 16.5. The van der Waals surface area contributed by atoms with Crippen molar-refractivity contribution in [3.63, 3.8) is 0 Å². The number of aromatic nitrogens is 2. The van der Waals surface area contributed by atoms with Gasteiger partial charge in [-0.25, -0.2) is 9.59 Å². The van der Waals surface area contributed by atoms with Crippen molar-refractivity contribution in [1.82, 2.24) is 19.8 Å². The van der Waals surface area contributed by atoms with Crippen LogP contribution in [0.2, 0.25) is 0 Å². The number of nitrogens with zero attached hydrogens (tertiary/aromatic N) is 2. The largest absolute Gasteiger partial charge is 0.451 e. The summed E-state index contributed by atoms with van der Waals surface area (Å²) in [6, 6.07) is 6.37. The molecule has 2 rings (SSSR count). The third kappa shape index (κ3) is 4.99. The molecule has 152 valence electrons. The Labute approximate surface area is 162 Å². The number of carbonyl (C=O) groups is 3. The number of amides is 3. The van der Waals surface area contributed by atoms with Crippen molar-refractivity contribution >= 4 is 28.9 Å². The smallest absolute Gasteiger partial charge is 0.329 e. The summed E-state index contributed by atoms with van der Waals surface area (Å²) in [7, 11) is 0. The lowest BCUT2D eigenvalue weighted by atomic mass is 10.3. The molecule has 2 aromatic rings. The third-order valence-electron chi connectivity index (χ3n) is 3.99. The fraction of sp³-hybridized carbons (Fsp3) is 0.474. The highest BCUT2D eigenvalue weighted by Crippen LogP contribution is 2.13. The first-order valence-electron chi connectivity index (χ1n) is 9.23. The van der Waals surface area contributed by atoms with Crippen LogP contribution in [-0.4, -0.2) is 39.2 Å². The molecule has 0 radical (unpaired) electrons. The van der Waals surface area contributed by atoms with E-state index in [4.69, 9.17) is 4.74 Å². The van der Waals surface area contributed by atoms with Gasteiger partial charge in [-0.15, -0.1) is 0 Å². The van der Waals surface area contributed by atoms with E-state index in [1.54, 1.807) is 30.5 Å². The molecule has 0 saturated heterocycles. The number of benzene rings is 1. The van der Waals surface area contributed by atoms with E-state index in [2.05, 4.69) is 10.6 Å². The molecule has 9 heteroatoms. The Morgan fingerprint density at radius 2 is 1.68 bits per heavy atom. The molecule has 3 amide bonds. The minimum Gasteiger partial charge on any atom is -0.451 e. The quantitative estimate of drug-likeness (QED) is 0.694. The van der Waals surface area contributed by atoms with Gasteiger partial charge in [0.25, 0.3) is 5.91 Å². The molecule has 0 saturated carbocycles. The molecule has 28 heavy (non-hydrogen) atoms. The van der Waals surface area contributed by atoms with Gasteiger partial charge in [-0.1, -0.05) is 19.1 Å². The van der Waals surface area contributed by atoms with Crippen molar-refractivity contribution in [3.8, 4) is 0 Å². The van der Waals surface area contributed by atoms with Gasteiger partial charge in [0, 0.05) is 12.6 Å². The number of urea groups is 1. The number of imide groups is 1. The number of hydrogen-bond acceptors (Lipinski definition) is 5. The van der Waals surface area contributed by atoms with Crippen LogP contribution in [0.15, 0.2) is 29.1 Å². The van der Waals surface area contributed by atoms with Crippen LogP contribution in [0, 0.1) is 0 Å². The summed E-state index contributed by atoms with van der Waals surface area (Å²) in [5.41, 5.74) is 1.04. The number of para-hydroxylation sites is 2. The van der Waals surface area contributed by atoms with E-state index < -0.39 is 24.0 Å². The molecular weight excluding hydrogens is 364 g/mol. The maximum Gasteiger partial charge on any atom is 0.329 e. The Hall–Kier alpha value is -3.10. The van der Waals surface area contributed by atoms with Gasteiger partial charge in [0.1, 0.15) is 6.54 Å². The Morgan fingerprint density at radius 3 is 2.25 bits per heavy atom. The average molecular weight is 390 g/mol. The summed E-state index contributed by atoms with van der Waals surface area (Å²) >= 11 is 0. The number of fused-ring (bicyclic) bond motifs is 1. The predicted molar refractivity (Wildman–Crippen MR) is 104 cm³/mol. The molecule has 0 spiro atoms. The van der Waals surface area contributed by atoms with Crippen molar-refractivity contribution < 1.29 is 19.1 Å². The monoisotopic (exact) mass is 390 g/mol. The number of ether oxygens (including phenoxy) is 1. The first kappa shape index (κ1) is 21.2. The lowest BCUT2D eigenvalue weighted by molar-refractivity contribution is -0.155. The Morgan fingerprint density at radius 1 is 1.07 bits per heavy atom. The maximum atomic E-state index is 12.7. The molecule has 0 aliphatic rings. The van der Waals surface area contributed by atoms with E-state index >= 15 is 0 Å². The molecule has 0 bridgehead atoms. The number of nitrogens with one attached hydrogen (secondary N) is 2. The summed E-state index contributed by atoms with van der Waals surface area (Å²) in [5, 5.41) is 4.61. The Kier molecular flexibility index (Phi) is 6.97. The van der Waals surface area contributed by atoms with Crippen LogP contribution in [0.25, 0.3) is 11.0 Å². The molecule has 1 atom stereocenters. The molecule has 0 aliphatic carbocycles. The van der Waals surface area contributed by atoms with Crippen molar-refractivity contribution in [2.24, 2.45) is 0 Å². The molecule has 1 unspecified atom stereocenters. The molecule has 1 aromatic heterocycles. The maximum absolute atomic E-state index is 12.7. The van der Waals surface area contributed by atoms with Crippen LogP contribution in [0.3, 0.4) is 0 Å². The van der Waals surface area contributed by atoms with Crippen molar-refractivity contribution in [2.75, 3.05) is 0 Å². The van der Waals surface area contributed by atoms with Crippen molar-refractivity contribution in [1.29, 1.82) is 0 Å². The minimum absolute atomic E-state index is 0.141. The second-order valence-corrected chi connectivity index (χ2v) is 6.76. The van der Waals surface area contributed by atoms with E-state index in [-0.39, 0.29) is 18.3 Å². The number of imidazole rings is 1. The van der Waals surface area contributed by atoms with Gasteiger partial charge >= 0.3 is 17.7 Å². The molecule has 9 nitrogen and oxygen atoms in total. The Balaban J connectivity index is 2.09. The molecule has 0 aliphatic heterocycles. The third-order valence-corrected chi connectivity index (χ3v) is 3.99. The zero-order chi connectivity index (χ0) is 20.8. The first-order chi connectivity index (χ1) is 13.2. The summed E-state index contributed by atoms with van der Waals surface area (Å²) in [6.07, 6.45) is -0.404. The van der Waals surface area contributed by atoms with E-state index in [0.29, 0.717) is 12.1 Å². The normalized spacial score (nSPS) is 12.0. The average Bonchev–Trinajstić information content (AvgIpc) is 2.87. The predicted octanol–water partition coefficient (Wildman–Crippen LogP) is 1.38. The summed E-state index contributed by atoms with van der Waals surface area (Å²) in [4.78, 5) is 48.5. The van der Waals surface area contributed by atoms with Crippen molar-refractivity contribution in [2.45, 2.75) is 59.4 Å². The number of aryl methyl sites for hydroxylation is 1. The van der Waals surface area contributed by atoms with Gasteiger partial charge in [-0.2, -0.15) is 0 Å². The second-order valence-electron chi connectivity index (χ2n) is 6.76. The van der Waals surface area contributed by atoms with Crippen LogP contribution in [0.5, 0.6) is 0 Å². The summed E-state index contributed by atoms with van der Waals surface area (Å²) < 4.78 is 8.02. The van der Waals surface area contributed by atoms with Crippen LogP contribution in [-0.2, 0) is 27.4 Å². The molecular formula is C19H26N4O5. The van der Waals surface area contributed by atoms with Crippen LogP contribution in [0.1, 0.15) is 34.1 Å². The number of hydrogen-bond donors (Lipinski definition) is 2. The standard InChI is InChI=1S/C19H26N4O5/c1-5-10-22-14-8-6-7-9-15(14)23(19(22)27)11-16(24)28-13(4)17(25)21-18(26)20-12(2)3/h6-9,12-13H,5,10-11H2,1-4H3,(H2,20,21,25,26). The lowest BCUT2D eigenvalue weighted by Gasteiger charge is -2.14. The SMILES string of the molecule is CCCn1c(=O)n(CC(=O)OC(C)C(=O)NC(=O)NC(C)C)c2ccccc21. The summed E-state index contributed by atoms with van der Waals surface area (Å²) in [6.45, 7) is 7.03. The van der Waals surface area contributed by atoms with Gasteiger partial charge in [0.15, 0.2) is 6.10 Å². The molecule has 0 fully saturated rings. The Bertz CT molecular complexity index is 928. The first-order valence-corrected chi connectivity index (χ1v) is 9.23. The highest BCUT2D eigenvalue weighted by Gasteiger charge is 2.22. The van der Waals surface area contributed by atoms with Crippen LogP contribution in [0.4, 0.5) is 4.79 Å². The molecule has 2 N–H and O–H groups in total. The van der Waals surface area contributed by atoms with Gasteiger partial charge in [-0.3, -0.25) is 24.0 Å². The second kappa shape index (κ2) is 9.20. The fourth-order valence-electron chi connectivity index (χ4n) is 2.79. The van der Waals surface area contributed by atoms with Gasteiger partial charge in [-0.05, 0) is 39.3 Å². The van der Waals surface area contributed by atoms with E-state index in [1.807, 2.05) is 19.1 Å². The topological polar surface area (TPSA) is 111 Å². The van der Waals surface area contributed by atoms with Gasteiger partial charge < -0.3 is 10.1 Å². The minimum atomic E-state index is -1.18. The van der Waals surface area contributed by atoms with Gasteiger partial charge in [0.2, 0.25) is 0 Å². The number of rotatable bonds is 7. The van der Waals surface area contributed by atoms with E-state index in [1.165, 1.54) is 11.5 Å². The molecule has 1 aromatic carbocycles. The number of esters is 1. The van der Waals surface area contributed by atoms with E-state index in [0.717, 1.165) is 11.9 Å². The van der Waals surface area contributed by atoms with Gasteiger partial charge in [0.05, 0.1) is 11.0 Å². The highest BCUT2D eigenvalue weighted by molar-refractivity contribution is 5.97. The molecule has 1 heterocycles. The summed E-state index contributed by atoms with van der Waals surface area (Å²) in [5.74, 6) is -1.49.